The molecule has 0 aliphatic rings. The fraction of sp³-hybridized carbons (Fsp3) is 0.211. The highest BCUT2D eigenvalue weighted by Gasteiger charge is 2.13. The lowest BCUT2D eigenvalue weighted by atomic mass is 10.3. The summed E-state index contributed by atoms with van der Waals surface area (Å²) >= 11 is 7.26. The number of hydrogen-bond donors (Lipinski definition) is 1. The van der Waals surface area contributed by atoms with Gasteiger partial charge in [0.1, 0.15) is 11.6 Å². The average molecular weight is 403 g/mol. The summed E-state index contributed by atoms with van der Waals surface area (Å²) < 4.78 is 7.38. The Balaban J connectivity index is 1.68. The van der Waals surface area contributed by atoms with E-state index in [9.17, 15) is 4.79 Å². The molecule has 0 spiro atoms. The van der Waals surface area contributed by atoms with Gasteiger partial charge in [-0.05, 0) is 56.3 Å². The van der Waals surface area contributed by atoms with Crippen molar-refractivity contribution in [3.8, 4) is 11.4 Å². The van der Waals surface area contributed by atoms with Crippen LogP contribution in [0.25, 0.3) is 5.69 Å². The fourth-order valence-corrected chi connectivity index (χ4v) is 3.47. The first-order chi connectivity index (χ1) is 13.1. The number of rotatable bonds is 7. The molecule has 0 bridgehead atoms. The molecule has 0 saturated carbocycles. The van der Waals surface area contributed by atoms with Crippen molar-refractivity contribution in [2.75, 3.05) is 17.7 Å². The number of anilines is 1. The predicted octanol–water partition coefficient (Wildman–Crippen LogP) is 4.36. The summed E-state index contributed by atoms with van der Waals surface area (Å²) in [7, 11) is 0. The van der Waals surface area contributed by atoms with Gasteiger partial charge in [0.25, 0.3) is 0 Å². The molecule has 0 unspecified atom stereocenters. The number of nitrogens with one attached hydrogen (secondary N) is 1. The van der Waals surface area contributed by atoms with Crippen molar-refractivity contribution in [3.63, 3.8) is 0 Å². The van der Waals surface area contributed by atoms with Gasteiger partial charge in [-0.25, -0.2) is 0 Å². The number of aryl methyl sites for hydroxylation is 1. The number of halogens is 1. The van der Waals surface area contributed by atoms with E-state index >= 15 is 0 Å². The Morgan fingerprint density at radius 1 is 1.22 bits per heavy atom. The van der Waals surface area contributed by atoms with Crippen LogP contribution >= 0.6 is 23.4 Å². The fourth-order valence-electron chi connectivity index (χ4n) is 2.49. The quantitative estimate of drug-likeness (QED) is 0.594. The number of carbonyl (C=O) groups excluding carboxylic acids is 1. The topological polar surface area (TPSA) is 69.0 Å². The van der Waals surface area contributed by atoms with Crippen LogP contribution in [0.4, 0.5) is 5.69 Å². The van der Waals surface area contributed by atoms with E-state index in [1.54, 1.807) is 24.3 Å². The van der Waals surface area contributed by atoms with Crippen molar-refractivity contribution in [2.24, 2.45) is 0 Å². The zero-order valence-corrected chi connectivity index (χ0v) is 16.5. The molecule has 0 aliphatic carbocycles. The molecule has 1 heterocycles. The van der Waals surface area contributed by atoms with E-state index in [0.717, 1.165) is 17.3 Å². The van der Waals surface area contributed by atoms with Gasteiger partial charge in [0.05, 0.1) is 12.4 Å². The van der Waals surface area contributed by atoms with E-state index in [0.29, 0.717) is 22.5 Å². The van der Waals surface area contributed by atoms with Gasteiger partial charge in [0, 0.05) is 16.4 Å². The van der Waals surface area contributed by atoms with Crippen molar-refractivity contribution in [1.29, 1.82) is 0 Å². The number of ether oxygens (including phenoxy) is 1. The van der Waals surface area contributed by atoms with Crippen molar-refractivity contribution >= 4 is 35.0 Å². The maximum absolute atomic E-state index is 12.2. The summed E-state index contributed by atoms with van der Waals surface area (Å²) in [6, 6.07) is 14.7. The molecule has 3 rings (SSSR count). The van der Waals surface area contributed by atoms with Crippen molar-refractivity contribution in [2.45, 2.75) is 19.0 Å². The number of nitrogens with zero attached hydrogens (tertiary/aromatic N) is 3. The number of hydrogen-bond acceptors (Lipinski definition) is 5. The minimum atomic E-state index is -0.138. The van der Waals surface area contributed by atoms with Crippen LogP contribution in [-0.4, -0.2) is 33.0 Å². The molecule has 0 fully saturated rings. The SMILES string of the molecule is CCOc1ccc(-n2c(C)nnc2SCC(=O)Nc2cccc(Cl)c2)cc1. The maximum atomic E-state index is 12.2. The second kappa shape index (κ2) is 8.92. The second-order valence-electron chi connectivity index (χ2n) is 5.64. The van der Waals surface area contributed by atoms with Crippen LogP contribution in [0.1, 0.15) is 12.7 Å². The van der Waals surface area contributed by atoms with E-state index in [2.05, 4.69) is 15.5 Å². The lowest BCUT2D eigenvalue weighted by molar-refractivity contribution is -0.113. The van der Waals surface area contributed by atoms with Gasteiger partial charge in [0.15, 0.2) is 5.16 Å². The molecule has 0 atom stereocenters. The molecule has 140 valence electrons. The second-order valence-corrected chi connectivity index (χ2v) is 7.02. The van der Waals surface area contributed by atoms with Crippen molar-refractivity contribution in [1.82, 2.24) is 14.8 Å². The van der Waals surface area contributed by atoms with Crippen LogP contribution in [-0.2, 0) is 4.79 Å². The van der Waals surface area contributed by atoms with E-state index in [1.807, 2.05) is 42.7 Å². The molecule has 8 heteroatoms. The first kappa shape index (κ1) is 19.3. The molecule has 1 aromatic heterocycles. The Morgan fingerprint density at radius 3 is 2.70 bits per heavy atom. The molecule has 0 saturated heterocycles. The first-order valence-electron chi connectivity index (χ1n) is 8.40. The van der Waals surface area contributed by atoms with Gasteiger partial charge >= 0.3 is 0 Å². The summed E-state index contributed by atoms with van der Waals surface area (Å²) in [5, 5.41) is 12.4. The van der Waals surface area contributed by atoms with Crippen LogP contribution in [0.5, 0.6) is 5.75 Å². The normalized spacial score (nSPS) is 10.6. The number of carbonyl (C=O) groups is 1. The largest absolute Gasteiger partial charge is 0.494 e. The molecule has 0 radical (unpaired) electrons. The summed E-state index contributed by atoms with van der Waals surface area (Å²) in [5.41, 5.74) is 1.58. The Morgan fingerprint density at radius 2 is 2.00 bits per heavy atom. The van der Waals surface area contributed by atoms with Crippen molar-refractivity contribution in [3.05, 3.63) is 59.4 Å². The smallest absolute Gasteiger partial charge is 0.234 e. The standard InChI is InChI=1S/C19H19ClN4O2S/c1-3-26-17-9-7-16(8-10-17)24-13(2)22-23-19(24)27-12-18(25)21-15-6-4-5-14(20)11-15/h4-11H,3,12H2,1-2H3,(H,21,25). The first-order valence-corrected chi connectivity index (χ1v) is 9.76. The van der Waals surface area contributed by atoms with Crippen LogP contribution in [0, 0.1) is 6.92 Å². The summed E-state index contributed by atoms with van der Waals surface area (Å²) in [6.45, 7) is 4.44. The van der Waals surface area contributed by atoms with E-state index in [4.69, 9.17) is 16.3 Å². The highest BCUT2D eigenvalue weighted by Crippen LogP contribution is 2.24. The third-order valence-corrected chi connectivity index (χ3v) is 4.81. The lowest BCUT2D eigenvalue weighted by Crippen LogP contribution is -2.14. The summed E-state index contributed by atoms with van der Waals surface area (Å²) in [6.07, 6.45) is 0. The summed E-state index contributed by atoms with van der Waals surface area (Å²) in [4.78, 5) is 12.2. The molecular formula is C19H19ClN4O2S. The van der Waals surface area contributed by atoms with Gasteiger partial charge in [0.2, 0.25) is 5.91 Å². The monoisotopic (exact) mass is 402 g/mol. The van der Waals surface area contributed by atoms with E-state index < -0.39 is 0 Å². The third kappa shape index (κ3) is 5.02. The number of benzene rings is 2. The molecule has 3 aromatic rings. The predicted molar refractivity (Wildman–Crippen MR) is 108 cm³/mol. The van der Waals surface area contributed by atoms with Gasteiger partial charge in [-0.2, -0.15) is 0 Å². The van der Waals surface area contributed by atoms with Crippen LogP contribution < -0.4 is 10.1 Å². The minimum absolute atomic E-state index is 0.138. The highest BCUT2D eigenvalue weighted by molar-refractivity contribution is 7.99. The zero-order chi connectivity index (χ0) is 19.2. The Bertz CT molecular complexity index is 928. The number of amides is 1. The molecular weight excluding hydrogens is 384 g/mol. The maximum Gasteiger partial charge on any atom is 0.234 e. The van der Waals surface area contributed by atoms with E-state index in [1.165, 1.54) is 11.8 Å². The molecule has 1 N–H and O–H groups in total. The number of thioether (sulfide) groups is 1. The molecule has 2 aromatic carbocycles. The van der Waals surface area contributed by atoms with E-state index in [-0.39, 0.29) is 11.7 Å². The highest BCUT2D eigenvalue weighted by atomic mass is 35.5. The van der Waals surface area contributed by atoms with Gasteiger partial charge < -0.3 is 10.1 Å². The minimum Gasteiger partial charge on any atom is -0.494 e. The van der Waals surface area contributed by atoms with Gasteiger partial charge in [-0.15, -0.1) is 10.2 Å². The zero-order valence-electron chi connectivity index (χ0n) is 15.0. The summed E-state index contributed by atoms with van der Waals surface area (Å²) in [5.74, 6) is 1.63. The average Bonchev–Trinajstić information content (AvgIpc) is 3.02. The van der Waals surface area contributed by atoms with Crippen LogP contribution in [0.3, 0.4) is 0 Å². The molecule has 6 nitrogen and oxygen atoms in total. The Kier molecular flexibility index (Phi) is 6.36. The lowest BCUT2D eigenvalue weighted by Gasteiger charge is -2.10. The third-order valence-electron chi connectivity index (χ3n) is 3.64. The number of aromatic nitrogens is 3. The van der Waals surface area contributed by atoms with Gasteiger partial charge in [-0.3, -0.25) is 9.36 Å². The van der Waals surface area contributed by atoms with Gasteiger partial charge in [-0.1, -0.05) is 29.4 Å². The Hall–Kier alpha value is -2.51. The van der Waals surface area contributed by atoms with Crippen LogP contribution in [0.15, 0.2) is 53.7 Å². The molecule has 0 aliphatic heterocycles. The Labute approximate surface area is 166 Å². The molecule has 1 amide bonds. The van der Waals surface area contributed by atoms with Crippen molar-refractivity contribution < 1.29 is 9.53 Å². The van der Waals surface area contributed by atoms with Crippen LogP contribution in [0.2, 0.25) is 5.02 Å². The molecule has 27 heavy (non-hydrogen) atoms.